The summed E-state index contributed by atoms with van der Waals surface area (Å²) < 4.78 is 6.16. The van der Waals surface area contributed by atoms with Crippen molar-refractivity contribution in [1.29, 1.82) is 0 Å². The average molecular weight is 553 g/mol. The normalized spacial score (nSPS) is 46.0. The van der Waals surface area contributed by atoms with E-state index in [1.165, 1.54) is 32.3 Å². The zero-order valence-electron chi connectivity index (χ0n) is 24.0. The number of rotatable bonds is 10. The molecule has 39 heavy (non-hydrogen) atoms. The lowest BCUT2D eigenvalue weighted by atomic mass is 9.59. The Kier molecular flexibility index (Phi) is 7.98. The molecule has 0 bridgehead atoms. The number of aliphatic hydroxyl groups is 6. The molecule has 0 spiro atoms. The highest BCUT2D eigenvalue weighted by Crippen LogP contribution is 2.77. The minimum Gasteiger partial charge on any atom is -0.458 e. The van der Waals surface area contributed by atoms with Gasteiger partial charge in [0.15, 0.2) is 11.4 Å². The van der Waals surface area contributed by atoms with Crippen LogP contribution >= 0.6 is 0 Å². The molecule has 4 aliphatic carbocycles. The summed E-state index contributed by atoms with van der Waals surface area (Å²) in [6, 6.07) is 0. The van der Waals surface area contributed by atoms with Crippen LogP contribution in [-0.2, 0) is 14.3 Å². The Morgan fingerprint density at radius 3 is 2.23 bits per heavy atom. The van der Waals surface area contributed by atoms with E-state index in [4.69, 9.17) is 4.74 Å². The smallest absolute Gasteiger partial charge is 0.306 e. The number of esters is 1. The second-order valence-corrected chi connectivity index (χ2v) is 13.4. The Balaban J connectivity index is 1.64. The van der Waals surface area contributed by atoms with Gasteiger partial charge in [0.05, 0.1) is 18.3 Å². The molecular formula is C30H48O9. The summed E-state index contributed by atoms with van der Waals surface area (Å²) in [5.74, 6) is -5.16. The molecule has 3 fully saturated rings. The third kappa shape index (κ3) is 4.09. The third-order valence-corrected chi connectivity index (χ3v) is 11.0. The summed E-state index contributed by atoms with van der Waals surface area (Å²) in [6.45, 7) is 7.92. The van der Waals surface area contributed by atoms with E-state index in [0.717, 1.165) is 19.3 Å². The molecule has 9 nitrogen and oxygen atoms in total. The molecule has 0 aromatic rings. The molecule has 0 aromatic carbocycles. The Morgan fingerprint density at radius 2 is 1.64 bits per heavy atom. The van der Waals surface area contributed by atoms with Gasteiger partial charge in [-0.2, -0.15) is 0 Å². The van der Waals surface area contributed by atoms with Crippen molar-refractivity contribution < 1.29 is 45.0 Å². The van der Waals surface area contributed by atoms with E-state index in [1.807, 2.05) is 13.8 Å². The topological polar surface area (TPSA) is 165 Å². The van der Waals surface area contributed by atoms with Crippen LogP contribution in [0.3, 0.4) is 0 Å². The first-order valence-electron chi connectivity index (χ1n) is 14.7. The number of fused-ring (bicyclic) bond motifs is 5. The fourth-order valence-corrected chi connectivity index (χ4v) is 8.59. The van der Waals surface area contributed by atoms with Gasteiger partial charge in [-0.3, -0.25) is 9.59 Å². The van der Waals surface area contributed by atoms with Gasteiger partial charge in [-0.05, 0) is 31.3 Å². The minimum atomic E-state index is -2.71. The van der Waals surface area contributed by atoms with Gasteiger partial charge >= 0.3 is 5.97 Å². The van der Waals surface area contributed by atoms with Gasteiger partial charge in [0, 0.05) is 29.6 Å². The summed E-state index contributed by atoms with van der Waals surface area (Å²) in [5.41, 5.74) is -8.96. The van der Waals surface area contributed by atoms with E-state index in [9.17, 15) is 40.2 Å². The van der Waals surface area contributed by atoms with Crippen LogP contribution < -0.4 is 0 Å². The Labute approximate surface area is 231 Å². The van der Waals surface area contributed by atoms with Crippen LogP contribution in [0.5, 0.6) is 0 Å². The Bertz CT molecular complexity index is 1010. The summed E-state index contributed by atoms with van der Waals surface area (Å²) in [5, 5.41) is 68.5. The molecule has 0 unspecified atom stereocenters. The van der Waals surface area contributed by atoms with Crippen LogP contribution in [0.15, 0.2) is 11.6 Å². The van der Waals surface area contributed by atoms with Crippen LogP contribution in [0.2, 0.25) is 0 Å². The fourth-order valence-electron chi connectivity index (χ4n) is 8.59. The first-order valence-corrected chi connectivity index (χ1v) is 14.7. The van der Waals surface area contributed by atoms with Crippen LogP contribution in [0.4, 0.5) is 0 Å². The number of carbonyl (C=O) groups excluding carboxylic acids is 2. The van der Waals surface area contributed by atoms with Gasteiger partial charge in [0.1, 0.15) is 17.3 Å². The van der Waals surface area contributed by atoms with Gasteiger partial charge in [0.2, 0.25) is 0 Å². The third-order valence-electron chi connectivity index (χ3n) is 11.0. The molecule has 0 amide bonds. The molecule has 0 radical (unpaired) electrons. The zero-order chi connectivity index (χ0) is 29.2. The van der Waals surface area contributed by atoms with Crippen molar-refractivity contribution in [2.24, 2.45) is 29.1 Å². The molecule has 4 aliphatic rings. The Morgan fingerprint density at radius 1 is 1.05 bits per heavy atom. The van der Waals surface area contributed by atoms with Gasteiger partial charge in [-0.1, -0.05) is 72.3 Å². The first-order chi connectivity index (χ1) is 18.1. The highest BCUT2D eigenvalue weighted by atomic mass is 16.6. The number of unbranched alkanes of at least 4 members (excludes halogenated alkanes) is 6. The molecule has 0 aromatic heterocycles. The van der Waals surface area contributed by atoms with E-state index >= 15 is 0 Å². The SMILES string of the molecule is CCCCCCCCCC(=O)O[C@@]12C[C@@H](C)[C@@]3(O)[C@H]([C@@H]1C2(C)C)[C@H](O)[C@](O)(CO)[C@@H](O)[C@]1(O)C(=O)C(C)=C[C@H]13. The maximum Gasteiger partial charge on any atom is 0.306 e. The summed E-state index contributed by atoms with van der Waals surface area (Å²) in [7, 11) is 0. The number of carbonyl (C=O) groups is 2. The first kappa shape index (κ1) is 30.6. The average Bonchev–Trinajstić information content (AvgIpc) is 3.24. The maximum atomic E-state index is 13.2. The Hall–Kier alpha value is -1.36. The molecule has 0 heterocycles. The van der Waals surface area contributed by atoms with E-state index < -0.39 is 76.1 Å². The van der Waals surface area contributed by atoms with Crippen molar-refractivity contribution in [3.63, 3.8) is 0 Å². The second-order valence-electron chi connectivity index (χ2n) is 13.4. The molecular weight excluding hydrogens is 504 g/mol. The molecule has 0 saturated heterocycles. The van der Waals surface area contributed by atoms with Crippen LogP contribution in [-0.4, -0.2) is 83.6 Å². The van der Waals surface area contributed by atoms with E-state index in [0.29, 0.717) is 6.42 Å². The second kappa shape index (κ2) is 10.2. The predicted molar refractivity (Wildman–Crippen MR) is 142 cm³/mol. The quantitative estimate of drug-likeness (QED) is 0.175. The molecule has 4 rings (SSSR count). The molecule has 0 aliphatic heterocycles. The number of hydrogen-bond acceptors (Lipinski definition) is 9. The monoisotopic (exact) mass is 552 g/mol. The molecule has 222 valence electrons. The highest BCUT2D eigenvalue weighted by molar-refractivity contribution is 6.05. The van der Waals surface area contributed by atoms with Gasteiger partial charge < -0.3 is 35.4 Å². The van der Waals surface area contributed by atoms with Crippen molar-refractivity contribution in [2.75, 3.05) is 6.61 Å². The largest absolute Gasteiger partial charge is 0.458 e. The van der Waals surface area contributed by atoms with Gasteiger partial charge in [-0.15, -0.1) is 0 Å². The van der Waals surface area contributed by atoms with E-state index in [2.05, 4.69) is 6.92 Å². The van der Waals surface area contributed by atoms with E-state index in [-0.39, 0.29) is 24.4 Å². The van der Waals surface area contributed by atoms with Crippen molar-refractivity contribution in [3.05, 3.63) is 11.6 Å². The van der Waals surface area contributed by atoms with Crippen molar-refractivity contribution >= 4 is 11.8 Å². The molecule has 10 atom stereocenters. The predicted octanol–water partition coefficient (Wildman–Crippen LogP) is 1.79. The van der Waals surface area contributed by atoms with Crippen molar-refractivity contribution in [2.45, 2.75) is 127 Å². The van der Waals surface area contributed by atoms with Crippen LogP contribution in [0, 0.1) is 29.1 Å². The molecule has 6 N–H and O–H groups in total. The number of hydrogen-bond donors (Lipinski definition) is 6. The van der Waals surface area contributed by atoms with Crippen molar-refractivity contribution in [1.82, 2.24) is 0 Å². The number of Topliss-reactive ketones (excluding diaryl/α,β-unsaturated/α-hetero) is 1. The summed E-state index contributed by atoms with van der Waals surface area (Å²) in [4.78, 5) is 26.2. The fraction of sp³-hybridized carbons (Fsp3) is 0.867. The molecule has 9 heteroatoms. The van der Waals surface area contributed by atoms with Crippen LogP contribution in [0.1, 0.15) is 92.4 Å². The maximum absolute atomic E-state index is 13.2. The summed E-state index contributed by atoms with van der Waals surface area (Å²) >= 11 is 0. The van der Waals surface area contributed by atoms with Gasteiger partial charge in [0.25, 0.3) is 0 Å². The summed E-state index contributed by atoms with van der Waals surface area (Å²) in [6.07, 6.45) is 5.09. The van der Waals surface area contributed by atoms with Crippen molar-refractivity contribution in [3.8, 4) is 0 Å². The van der Waals surface area contributed by atoms with Crippen LogP contribution in [0.25, 0.3) is 0 Å². The minimum absolute atomic E-state index is 0.116. The lowest BCUT2D eigenvalue weighted by Crippen LogP contribution is -2.66. The number of aliphatic hydroxyl groups excluding tert-OH is 3. The number of ether oxygens (including phenoxy) is 1. The van der Waals surface area contributed by atoms with Gasteiger partial charge in [-0.25, -0.2) is 0 Å². The van der Waals surface area contributed by atoms with E-state index in [1.54, 1.807) is 6.92 Å². The highest BCUT2D eigenvalue weighted by Gasteiger charge is 2.86. The lowest BCUT2D eigenvalue weighted by molar-refractivity contribution is -0.224. The number of ketones is 1. The lowest BCUT2D eigenvalue weighted by Gasteiger charge is -2.51. The zero-order valence-corrected chi connectivity index (χ0v) is 24.0. The molecule has 3 saturated carbocycles. The standard InChI is InChI=1S/C30H48O9/c1-6-7-8-9-10-11-12-13-20(32)39-28-15-18(3)29(37)19-14-17(2)23(33)30(19,38)25(35)27(36,16-31)24(34)21(29)22(28)26(28,4)5/h14,18-19,21-22,24-25,31,34-38H,6-13,15-16H2,1-5H3/t18-,19+,21-,22-,24+,25-,27-,28+,29+,30-/m1/s1.